The highest BCUT2D eigenvalue weighted by Crippen LogP contribution is 2.27. The molecule has 19 heavy (non-hydrogen) atoms. The van der Waals surface area contributed by atoms with E-state index in [1.54, 1.807) is 0 Å². The highest BCUT2D eigenvalue weighted by molar-refractivity contribution is 6.30. The number of rotatable bonds is 2. The minimum atomic E-state index is 0.479. The van der Waals surface area contributed by atoms with Crippen LogP contribution < -0.4 is 5.32 Å². The molecule has 0 amide bonds. The van der Waals surface area contributed by atoms with Crippen molar-refractivity contribution in [3.8, 4) is 11.3 Å². The lowest BCUT2D eigenvalue weighted by atomic mass is 10.1. The highest BCUT2D eigenvalue weighted by Gasteiger charge is 2.19. The van der Waals surface area contributed by atoms with Gasteiger partial charge >= 0.3 is 0 Å². The first-order valence-corrected chi connectivity index (χ1v) is 7.05. The quantitative estimate of drug-likeness (QED) is 0.911. The smallest absolute Gasteiger partial charge is 0.0953 e. The maximum atomic E-state index is 6.14. The number of hydrogen-bond acceptors (Lipinski definition) is 2. The van der Waals surface area contributed by atoms with E-state index in [0.717, 1.165) is 35.8 Å². The van der Waals surface area contributed by atoms with Gasteiger partial charge in [-0.1, -0.05) is 11.6 Å². The van der Waals surface area contributed by atoms with E-state index < -0.39 is 0 Å². The Balaban J connectivity index is 2.00. The fraction of sp³-hybridized carbons (Fsp3) is 0.400. The number of nitrogens with zero attached hydrogens (tertiary/aromatic N) is 2. The third kappa shape index (κ3) is 2.53. The van der Waals surface area contributed by atoms with Gasteiger partial charge < -0.3 is 5.32 Å². The van der Waals surface area contributed by atoms with Crippen LogP contribution in [0.2, 0.25) is 5.02 Å². The monoisotopic (exact) mass is 275 g/mol. The number of aromatic nitrogens is 2. The Morgan fingerprint density at radius 1 is 1.32 bits per heavy atom. The minimum absolute atomic E-state index is 0.479. The summed E-state index contributed by atoms with van der Waals surface area (Å²) in [5, 5.41) is 8.91. The summed E-state index contributed by atoms with van der Waals surface area (Å²) in [7, 11) is 0. The second-order valence-corrected chi connectivity index (χ2v) is 5.74. The van der Waals surface area contributed by atoms with Gasteiger partial charge in [-0.15, -0.1) is 0 Å². The molecule has 0 bridgehead atoms. The Bertz CT molecular complexity index is 577. The van der Waals surface area contributed by atoms with Crippen LogP contribution in [0, 0.1) is 13.8 Å². The molecule has 4 heteroatoms. The second kappa shape index (κ2) is 4.99. The predicted molar refractivity (Wildman–Crippen MR) is 78.7 cm³/mol. The van der Waals surface area contributed by atoms with Gasteiger partial charge in [0.15, 0.2) is 0 Å². The van der Waals surface area contributed by atoms with Crippen molar-refractivity contribution in [2.45, 2.75) is 26.3 Å². The summed E-state index contributed by atoms with van der Waals surface area (Å²) in [4.78, 5) is 0. The van der Waals surface area contributed by atoms with Gasteiger partial charge in [0.2, 0.25) is 0 Å². The zero-order valence-electron chi connectivity index (χ0n) is 11.3. The van der Waals surface area contributed by atoms with Crippen molar-refractivity contribution >= 4 is 11.6 Å². The van der Waals surface area contributed by atoms with Crippen molar-refractivity contribution in [3.63, 3.8) is 0 Å². The molecule has 3 nitrogen and oxygen atoms in total. The summed E-state index contributed by atoms with van der Waals surface area (Å²) in [6.45, 7) is 6.25. The number of halogens is 1. The normalized spacial score (nSPS) is 19.0. The molecule has 3 rings (SSSR count). The molecular formula is C15H18ClN3. The molecule has 0 saturated carbocycles. The molecule has 0 spiro atoms. The predicted octanol–water partition coefficient (Wildman–Crippen LogP) is 3.35. The van der Waals surface area contributed by atoms with Crippen LogP contribution in [0.25, 0.3) is 11.3 Å². The Morgan fingerprint density at radius 3 is 2.84 bits per heavy atom. The molecule has 1 fully saturated rings. The zero-order valence-corrected chi connectivity index (χ0v) is 12.0. The van der Waals surface area contributed by atoms with Crippen LogP contribution in [0.3, 0.4) is 0 Å². The minimum Gasteiger partial charge on any atom is -0.315 e. The number of benzene rings is 1. The summed E-state index contributed by atoms with van der Waals surface area (Å²) in [5.41, 5.74) is 4.51. The molecule has 1 aliphatic rings. The van der Waals surface area contributed by atoms with Gasteiger partial charge in [0.25, 0.3) is 0 Å². The molecule has 1 aliphatic heterocycles. The molecule has 1 atom stereocenters. The Labute approximate surface area is 118 Å². The molecule has 1 saturated heterocycles. The number of nitrogens with one attached hydrogen (secondary N) is 1. The maximum absolute atomic E-state index is 6.14. The van der Waals surface area contributed by atoms with Gasteiger partial charge in [-0.3, -0.25) is 4.68 Å². The van der Waals surface area contributed by atoms with E-state index in [1.165, 1.54) is 11.1 Å². The maximum Gasteiger partial charge on any atom is 0.0953 e. The van der Waals surface area contributed by atoms with E-state index in [0.29, 0.717) is 6.04 Å². The fourth-order valence-corrected chi connectivity index (χ4v) is 2.98. The largest absolute Gasteiger partial charge is 0.315 e. The summed E-state index contributed by atoms with van der Waals surface area (Å²) >= 11 is 6.14. The van der Waals surface area contributed by atoms with Crippen LogP contribution in [0.15, 0.2) is 24.4 Å². The number of aryl methyl sites for hydroxylation is 2. The van der Waals surface area contributed by atoms with Gasteiger partial charge in [0.05, 0.1) is 11.7 Å². The molecular weight excluding hydrogens is 258 g/mol. The van der Waals surface area contributed by atoms with Gasteiger partial charge in [0, 0.05) is 23.3 Å². The fourth-order valence-electron chi connectivity index (χ4n) is 2.69. The average molecular weight is 276 g/mol. The van der Waals surface area contributed by atoms with Crippen LogP contribution in [-0.4, -0.2) is 22.9 Å². The molecule has 0 radical (unpaired) electrons. The first-order valence-electron chi connectivity index (χ1n) is 6.67. The standard InChI is InChI=1S/C15H18ClN3/c1-10-5-12(7-13(16)6-10)15-11(2)9-19(18-15)14-3-4-17-8-14/h5-7,9,14,17H,3-4,8H2,1-2H3. The third-order valence-electron chi connectivity index (χ3n) is 3.64. The molecule has 1 unspecified atom stereocenters. The van der Waals surface area contributed by atoms with Crippen molar-refractivity contribution in [2.24, 2.45) is 0 Å². The summed E-state index contributed by atoms with van der Waals surface area (Å²) in [6.07, 6.45) is 3.29. The lowest BCUT2D eigenvalue weighted by Gasteiger charge is -2.08. The van der Waals surface area contributed by atoms with Crippen LogP contribution in [-0.2, 0) is 0 Å². The van der Waals surface area contributed by atoms with Gasteiger partial charge in [-0.2, -0.15) is 5.10 Å². The van der Waals surface area contributed by atoms with Gasteiger partial charge in [0.1, 0.15) is 0 Å². The first-order chi connectivity index (χ1) is 9.13. The Kier molecular flexibility index (Phi) is 3.33. The van der Waals surface area contributed by atoms with Crippen LogP contribution >= 0.6 is 11.6 Å². The van der Waals surface area contributed by atoms with Crippen LogP contribution in [0.5, 0.6) is 0 Å². The topological polar surface area (TPSA) is 29.9 Å². The lowest BCUT2D eigenvalue weighted by molar-refractivity contribution is 0.491. The van der Waals surface area contributed by atoms with Crippen molar-refractivity contribution in [1.29, 1.82) is 0 Å². The van der Waals surface area contributed by atoms with Crippen molar-refractivity contribution in [1.82, 2.24) is 15.1 Å². The molecule has 1 N–H and O–H groups in total. The van der Waals surface area contributed by atoms with E-state index in [-0.39, 0.29) is 0 Å². The molecule has 2 heterocycles. The summed E-state index contributed by atoms with van der Waals surface area (Å²) < 4.78 is 2.10. The van der Waals surface area contributed by atoms with E-state index in [2.05, 4.69) is 36.1 Å². The van der Waals surface area contributed by atoms with Crippen LogP contribution in [0.4, 0.5) is 0 Å². The molecule has 1 aromatic carbocycles. The lowest BCUT2D eigenvalue weighted by Crippen LogP contribution is -2.13. The zero-order chi connectivity index (χ0) is 13.4. The van der Waals surface area contributed by atoms with E-state index in [4.69, 9.17) is 16.7 Å². The SMILES string of the molecule is Cc1cc(Cl)cc(-c2nn(C3CCNC3)cc2C)c1. The summed E-state index contributed by atoms with van der Waals surface area (Å²) in [6, 6.07) is 6.57. The molecule has 0 aliphatic carbocycles. The average Bonchev–Trinajstić information content (AvgIpc) is 2.95. The van der Waals surface area contributed by atoms with E-state index in [9.17, 15) is 0 Å². The van der Waals surface area contributed by atoms with Gasteiger partial charge in [-0.25, -0.2) is 0 Å². The molecule has 1 aromatic heterocycles. The Hall–Kier alpha value is -1.32. The summed E-state index contributed by atoms with van der Waals surface area (Å²) in [5.74, 6) is 0. The van der Waals surface area contributed by atoms with Crippen molar-refractivity contribution in [3.05, 3.63) is 40.5 Å². The van der Waals surface area contributed by atoms with E-state index in [1.807, 2.05) is 12.1 Å². The van der Waals surface area contributed by atoms with Crippen molar-refractivity contribution < 1.29 is 0 Å². The Morgan fingerprint density at radius 2 is 2.16 bits per heavy atom. The molecule has 2 aromatic rings. The molecule has 100 valence electrons. The van der Waals surface area contributed by atoms with Crippen LogP contribution in [0.1, 0.15) is 23.6 Å². The van der Waals surface area contributed by atoms with Crippen molar-refractivity contribution in [2.75, 3.05) is 13.1 Å². The van der Waals surface area contributed by atoms with E-state index >= 15 is 0 Å². The highest BCUT2D eigenvalue weighted by atomic mass is 35.5. The number of hydrogen-bond donors (Lipinski definition) is 1. The second-order valence-electron chi connectivity index (χ2n) is 5.30. The van der Waals surface area contributed by atoms with Gasteiger partial charge in [-0.05, 0) is 56.1 Å². The third-order valence-corrected chi connectivity index (χ3v) is 3.86. The first kappa shape index (κ1) is 12.7.